The van der Waals surface area contributed by atoms with Gasteiger partial charge in [0.2, 0.25) is 5.91 Å². The number of aryl methyl sites for hydroxylation is 1. The zero-order valence-electron chi connectivity index (χ0n) is 13.5. The van der Waals surface area contributed by atoms with Crippen molar-refractivity contribution >= 4 is 15.7 Å². The van der Waals surface area contributed by atoms with Crippen LogP contribution in [-0.4, -0.2) is 31.9 Å². The molecular formula is C17H25NO3S. The summed E-state index contributed by atoms with van der Waals surface area (Å²) in [7, 11) is -2.96. The van der Waals surface area contributed by atoms with Gasteiger partial charge in [-0.05, 0) is 30.7 Å². The number of carbonyl (C=O) groups is 1. The van der Waals surface area contributed by atoms with Crippen LogP contribution in [-0.2, 0) is 14.6 Å². The maximum atomic E-state index is 12.3. The molecule has 1 fully saturated rings. The quantitative estimate of drug-likeness (QED) is 0.905. The van der Waals surface area contributed by atoms with Gasteiger partial charge in [-0.1, -0.05) is 43.7 Å². The fraction of sp³-hybridized carbons (Fsp3) is 0.588. The first-order valence-corrected chi connectivity index (χ1v) is 9.65. The Kier molecular flexibility index (Phi) is 5.27. The highest BCUT2D eigenvalue weighted by atomic mass is 32.2. The molecular weight excluding hydrogens is 298 g/mol. The van der Waals surface area contributed by atoms with E-state index in [9.17, 15) is 13.2 Å². The third-order valence-electron chi connectivity index (χ3n) is 4.31. The Labute approximate surface area is 133 Å². The van der Waals surface area contributed by atoms with Crippen molar-refractivity contribution in [3.63, 3.8) is 0 Å². The number of benzene rings is 1. The zero-order chi connectivity index (χ0) is 16.3. The molecule has 22 heavy (non-hydrogen) atoms. The molecule has 0 spiro atoms. The Hall–Kier alpha value is -1.36. The van der Waals surface area contributed by atoms with Crippen molar-refractivity contribution in [1.82, 2.24) is 5.32 Å². The molecule has 1 heterocycles. The fourth-order valence-electron chi connectivity index (χ4n) is 2.95. The molecule has 2 atom stereocenters. The molecule has 2 rings (SSSR count). The van der Waals surface area contributed by atoms with Crippen molar-refractivity contribution in [3.05, 3.63) is 35.4 Å². The second-order valence-corrected chi connectivity index (χ2v) is 8.86. The number of hydrogen-bond donors (Lipinski definition) is 1. The van der Waals surface area contributed by atoms with E-state index in [-0.39, 0.29) is 29.4 Å². The molecule has 5 heteroatoms. The summed E-state index contributed by atoms with van der Waals surface area (Å²) in [6, 6.07) is 8.06. The molecule has 1 saturated heterocycles. The number of hydrogen-bond acceptors (Lipinski definition) is 3. The molecule has 1 amide bonds. The Morgan fingerprint density at radius 3 is 2.41 bits per heavy atom. The van der Waals surface area contributed by atoms with Gasteiger partial charge >= 0.3 is 0 Å². The largest absolute Gasteiger partial charge is 0.352 e. The first-order valence-electron chi connectivity index (χ1n) is 7.83. The van der Waals surface area contributed by atoms with Gasteiger partial charge in [0.1, 0.15) is 0 Å². The lowest BCUT2D eigenvalue weighted by molar-refractivity contribution is -0.122. The van der Waals surface area contributed by atoms with Crippen LogP contribution >= 0.6 is 0 Å². The highest BCUT2D eigenvalue weighted by Crippen LogP contribution is 2.28. The van der Waals surface area contributed by atoms with Gasteiger partial charge in [0.15, 0.2) is 9.84 Å². The molecule has 2 unspecified atom stereocenters. The van der Waals surface area contributed by atoms with Crippen LogP contribution in [0.3, 0.4) is 0 Å². The summed E-state index contributed by atoms with van der Waals surface area (Å²) in [5.74, 6) is 0.708. The number of carbonyl (C=O) groups excluding carboxylic acids is 1. The van der Waals surface area contributed by atoms with Crippen molar-refractivity contribution < 1.29 is 13.2 Å². The van der Waals surface area contributed by atoms with E-state index < -0.39 is 9.84 Å². The number of nitrogens with one attached hydrogen (secondary N) is 1. The van der Waals surface area contributed by atoms with Crippen LogP contribution in [0.5, 0.6) is 0 Å². The highest BCUT2D eigenvalue weighted by Gasteiger charge is 2.29. The molecule has 0 radical (unpaired) electrons. The number of amides is 1. The van der Waals surface area contributed by atoms with Crippen LogP contribution in [0.1, 0.15) is 43.7 Å². The Bertz CT molecular complexity index is 620. The van der Waals surface area contributed by atoms with Gasteiger partial charge in [-0.25, -0.2) is 8.42 Å². The van der Waals surface area contributed by atoms with Crippen LogP contribution in [0.4, 0.5) is 0 Å². The van der Waals surface area contributed by atoms with Gasteiger partial charge in [-0.3, -0.25) is 4.79 Å². The Balaban J connectivity index is 1.99. The van der Waals surface area contributed by atoms with E-state index in [1.165, 1.54) is 5.56 Å². The summed E-state index contributed by atoms with van der Waals surface area (Å²) in [4.78, 5) is 12.3. The number of sulfone groups is 1. The average Bonchev–Trinajstić information content (AvgIpc) is 2.76. The molecule has 0 bridgehead atoms. The topological polar surface area (TPSA) is 63.2 Å². The molecule has 1 aromatic carbocycles. The Morgan fingerprint density at radius 2 is 1.91 bits per heavy atom. The molecule has 4 nitrogen and oxygen atoms in total. The first kappa shape index (κ1) is 17.0. The summed E-state index contributed by atoms with van der Waals surface area (Å²) in [6.07, 6.45) is 0.933. The van der Waals surface area contributed by atoms with Crippen molar-refractivity contribution in [1.29, 1.82) is 0 Å². The van der Waals surface area contributed by atoms with Crippen molar-refractivity contribution in [2.45, 2.75) is 45.6 Å². The molecule has 0 aliphatic carbocycles. The van der Waals surface area contributed by atoms with Crippen LogP contribution in [0.15, 0.2) is 24.3 Å². The van der Waals surface area contributed by atoms with Crippen LogP contribution in [0.2, 0.25) is 0 Å². The van der Waals surface area contributed by atoms with E-state index in [0.717, 1.165) is 5.56 Å². The Morgan fingerprint density at radius 1 is 1.27 bits per heavy atom. The fourth-order valence-corrected chi connectivity index (χ4v) is 4.62. The van der Waals surface area contributed by atoms with Crippen LogP contribution in [0.25, 0.3) is 0 Å². The van der Waals surface area contributed by atoms with Gasteiger partial charge in [-0.2, -0.15) is 0 Å². The third kappa shape index (κ3) is 4.57. The molecule has 1 aliphatic heterocycles. The van der Waals surface area contributed by atoms with Crippen molar-refractivity contribution in [3.8, 4) is 0 Å². The van der Waals surface area contributed by atoms with E-state index in [0.29, 0.717) is 18.8 Å². The maximum Gasteiger partial charge on any atom is 0.220 e. The predicted octanol–water partition coefficient (Wildman–Crippen LogP) is 2.43. The van der Waals surface area contributed by atoms with Gasteiger partial charge in [0.05, 0.1) is 11.5 Å². The predicted molar refractivity (Wildman–Crippen MR) is 88.6 cm³/mol. The molecule has 0 aromatic heterocycles. The minimum Gasteiger partial charge on any atom is -0.352 e. The monoisotopic (exact) mass is 323 g/mol. The lowest BCUT2D eigenvalue weighted by atomic mass is 9.85. The summed E-state index contributed by atoms with van der Waals surface area (Å²) >= 11 is 0. The normalized spacial score (nSPS) is 21.7. The minimum absolute atomic E-state index is 0.0543. The zero-order valence-corrected chi connectivity index (χ0v) is 14.3. The summed E-state index contributed by atoms with van der Waals surface area (Å²) in [5.41, 5.74) is 2.36. The van der Waals surface area contributed by atoms with Crippen LogP contribution in [0, 0.1) is 12.8 Å². The second-order valence-electron chi connectivity index (χ2n) is 6.63. The first-order chi connectivity index (χ1) is 10.3. The summed E-state index contributed by atoms with van der Waals surface area (Å²) in [5, 5.41) is 2.88. The van der Waals surface area contributed by atoms with Crippen molar-refractivity contribution in [2.75, 3.05) is 11.5 Å². The van der Waals surface area contributed by atoms with E-state index >= 15 is 0 Å². The van der Waals surface area contributed by atoms with Crippen molar-refractivity contribution in [2.24, 2.45) is 5.92 Å². The van der Waals surface area contributed by atoms with E-state index in [1.54, 1.807) is 0 Å². The molecule has 1 aromatic rings. The van der Waals surface area contributed by atoms with E-state index in [2.05, 4.69) is 43.4 Å². The number of rotatable bonds is 5. The molecule has 1 N–H and O–H groups in total. The van der Waals surface area contributed by atoms with Crippen LogP contribution < -0.4 is 5.32 Å². The summed E-state index contributed by atoms with van der Waals surface area (Å²) in [6.45, 7) is 6.26. The summed E-state index contributed by atoms with van der Waals surface area (Å²) < 4.78 is 22.9. The molecule has 122 valence electrons. The van der Waals surface area contributed by atoms with Gasteiger partial charge in [0.25, 0.3) is 0 Å². The molecule has 1 aliphatic rings. The lowest BCUT2D eigenvalue weighted by Gasteiger charge is -2.22. The standard InChI is InChI=1S/C17H25NO3S/c1-12(2)16(14-6-4-13(3)5-7-14)10-17(19)18-15-8-9-22(20,21)11-15/h4-7,12,15-16H,8-11H2,1-3H3,(H,18,19). The van der Waals surface area contributed by atoms with Gasteiger partial charge in [-0.15, -0.1) is 0 Å². The molecule has 0 saturated carbocycles. The smallest absolute Gasteiger partial charge is 0.220 e. The highest BCUT2D eigenvalue weighted by molar-refractivity contribution is 7.91. The minimum atomic E-state index is -2.96. The average molecular weight is 323 g/mol. The second kappa shape index (κ2) is 6.82. The third-order valence-corrected chi connectivity index (χ3v) is 6.08. The maximum absolute atomic E-state index is 12.3. The van der Waals surface area contributed by atoms with Gasteiger partial charge in [0, 0.05) is 12.5 Å². The lowest BCUT2D eigenvalue weighted by Crippen LogP contribution is -2.36. The van der Waals surface area contributed by atoms with E-state index in [1.807, 2.05) is 6.92 Å². The van der Waals surface area contributed by atoms with Gasteiger partial charge < -0.3 is 5.32 Å². The SMILES string of the molecule is Cc1ccc(C(CC(=O)NC2CCS(=O)(=O)C2)C(C)C)cc1. The van der Waals surface area contributed by atoms with E-state index in [4.69, 9.17) is 0 Å².